The van der Waals surface area contributed by atoms with E-state index in [9.17, 15) is 14.7 Å². The summed E-state index contributed by atoms with van der Waals surface area (Å²) in [7, 11) is 4.40. The lowest BCUT2D eigenvalue weighted by Crippen LogP contribution is -2.29. The van der Waals surface area contributed by atoms with Crippen molar-refractivity contribution in [2.45, 2.75) is 23.1 Å². The maximum atomic E-state index is 13.6. The van der Waals surface area contributed by atoms with E-state index in [2.05, 4.69) is 10.2 Å². The molecule has 0 spiro atoms. The molecule has 0 aliphatic carbocycles. The van der Waals surface area contributed by atoms with Crippen LogP contribution in [0.25, 0.3) is 5.76 Å². The first kappa shape index (κ1) is 30.7. The summed E-state index contributed by atoms with van der Waals surface area (Å²) < 4.78 is 17.1. The number of hydrogen-bond donors (Lipinski definition) is 1. The van der Waals surface area contributed by atoms with Crippen molar-refractivity contribution in [2.24, 2.45) is 0 Å². The van der Waals surface area contributed by atoms with Crippen LogP contribution < -0.4 is 19.1 Å². The summed E-state index contributed by atoms with van der Waals surface area (Å²) in [6, 6.07) is 14.4. The molecule has 222 valence electrons. The quantitative estimate of drug-likeness (QED) is 0.0662. The van der Waals surface area contributed by atoms with Crippen LogP contribution in [0.2, 0.25) is 10.0 Å². The molecule has 0 radical (unpaired) electrons. The highest BCUT2D eigenvalue weighted by molar-refractivity contribution is 8.00. The summed E-state index contributed by atoms with van der Waals surface area (Å²) in [4.78, 5) is 28.5. The first-order valence-corrected chi connectivity index (χ1v) is 15.3. The molecule has 0 saturated carbocycles. The number of aliphatic hydroxyl groups is 1. The maximum absolute atomic E-state index is 13.6. The number of methoxy groups -OCH3 is 3. The number of aryl methyl sites for hydroxylation is 1. The molecule has 9 nitrogen and oxygen atoms in total. The number of anilines is 1. The molecule has 1 N–H and O–H groups in total. The van der Waals surface area contributed by atoms with Gasteiger partial charge in [0.2, 0.25) is 10.9 Å². The van der Waals surface area contributed by atoms with Crippen LogP contribution in [0.4, 0.5) is 5.13 Å². The van der Waals surface area contributed by atoms with Crippen molar-refractivity contribution in [3.8, 4) is 17.2 Å². The highest BCUT2D eigenvalue weighted by Gasteiger charge is 2.49. The normalized spacial score (nSPS) is 16.0. The van der Waals surface area contributed by atoms with E-state index in [0.717, 1.165) is 22.5 Å². The third kappa shape index (κ3) is 6.03. The van der Waals surface area contributed by atoms with Gasteiger partial charge in [-0.2, -0.15) is 0 Å². The highest BCUT2D eigenvalue weighted by atomic mass is 35.5. The predicted molar refractivity (Wildman–Crippen MR) is 168 cm³/mol. The van der Waals surface area contributed by atoms with Gasteiger partial charge in [0.25, 0.3) is 5.78 Å². The van der Waals surface area contributed by atoms with Crippen molar-refractivity contribution < 1.29 is 28.9 Å². The summed E-state index contributed by atoms with van der Waals surface area (Å²) in [5, 5.41) is 21.2. The third-order valence-electron chi connectivity index (χ3n) is 6.74. The number of thioether (sulfide) groups is 1. The minimum absolute atomic E-state index is 0.111. The molecular formula is C30H25Cl2N3O6S2. The molecule has 3 aromatic carbocycles. The number of carbonyl (C=O) groups is 2. The van der Waals surface area contributed by atoms with Gasteiger partial charge in [-0.15, -0.1) is 10.2 Å². The minimum atomic E-state index is -1.08. The Bertz CT molecular complexity index is 1720. The lowest BCUT2D eigenvalue weighted by Gasteiger charge is -2.24. The highest BCUT2D eigenvalue weighted by Crippen LogP contribution is 2.48. The van der Waals surface area contributed by atoms with Crippen LogP contribution in [-0.2, 0) is 15.3 Å². The zero-order valence-electron chi connectivity index (χ0n) is 23.4. The van der Waals surface area contributed by atoms with Crippen LogP contribution in [0.5, 0.6) is 17.2 Å². The fourth-order valence-corrected chi connectivity index (χ4v) is 7.03. The van der Waals surface area contributed by atoms with Crippen LogP contribution in [0.15, 0.2) is 64.5 Å². The molecule has 13 heteroatoms. The molecule has 4 aromatic rings. The number of nitrogens with zero attached hydrogens (tertiary/aromatic N) is 3. The second-order valence-corrected chi connectivity index (χ2v) is 12.4. The Kier molecular flexibility index (Phi) is 9.16. The van der Waals surface area contributed by atoms with E-state index in [1.807, 2.05) is 13.0 Å². The van der Waals surface area contributed by atoms with Crippen molar-refractivity contribution >= 4 is 68.9 Å². The van der Waals surface area contributed by atoms with E-state index in [1.54, 1.807) is 48.5 Å². The number of benzene rings is 3. The first-order chi connectivity index (χ1) is 20.7. The Hall–Kier alpha value is -3.77. The number of carbonyl (C=O) groups excluding carboxylic acids is 2. The molecular weight excluding hydrogens is 633 g/mol. The molecule has 1 unspecified atom stereocenters. The van der Waals surface area contributed by atoms with Crippen LogP contribution in [0, 0.1) is 6.92 Å². The molecule has 0 bridgehead atoms. The average Bonchev–Trinajstić information content (AvgIpc) is 3.57. The second kappa shape index (κ2) is 12.8. The SMILES string of the molecule is COc1cc(C2/C(=C(/O)c3ccc(C)cc3)C(=O)C(=O)N2c2nnc(SCc3ccc(Cl)cc3Cl)s2)cc(OC)c1OC. The van der Waals surface area contributed by atoms with Gasteiger partial charge in [-0.3, -0.25) is 14.5 Å². The molecule has 2 heterocycles. The standard InChI is InChI=1S/C30H25Cl2N3O6S2/c1-15-5-7-16(8-6-15)25(36)23-24(18-11-21(39-2)27(41-4)22(12-18)40-3)35(28(38)26(23)37)29-33-34-30(43-29)42-14-17-9-10-19(31)13-20(17)32/h5-13,24,36H,14H2,1-4H3/b25-23-. The fraction of sp³-hybridized carbons (Fsp3) is 0.200. The van der Waals surface area contributed by atoms with Gasteiger partial charge in [0.1, 0.15) is 5.76 Å². The lowest BCUT2D eigenvalue weighted by molar-refractivity contribution is -0.132. The topological polar surface area (TPSA) is 111 Å². The van der Waals surface area contributed by atoms with Gasteiger partial charge in [-0.25, -0.2) is 0 Å². The zero-order chi connectivity index (χ0) is 30.8. The average molecular weight is 659 g/mol. The molecule has 1 atom stereocenters. The molecule has 5 rings (SSSR count). The summed E-state index contributed by atoms with van der Waals surface area (Å²) in [6.45, 7) is 1.91. The molecule has 1 fully saturated rings. The number of hydrogen-bond acceptors (Lipinski definition) is 10. The number of ketones is 1. The van der Waals surface area contributed by atoms with E-state index in [4.69, 9.17) is 37.4 Å². The van der Waals surface area contributed by atoms with E-state index < -0.39 is 17.7 Å². The smallest absolute Gasteiger partial charge is 0.301 e. The van der Waals surface area contributed by atoms with E-state index in [0.29, 0.717) is 48.5 Å². The number of halogens is 2. The van der Waals surface area contributed by atoms with Crippen LogP contribution in [-0.4, -0.2) is 48.3 Å². The third-order valence-corrected chi connectivity index (χ3v) is 9.43. The van der Waals surface area contributed by atoms with Gasteiger partial charge in [-0.05, 0) is 42.3 Å². The van der Waals surface area contributed by atoms with Crippen molar-refractivity contribution in [1.82, 2.24) is 10.2 Å². The van der Waals surface area contributed by atoms with Gasteiger partial charge < -0.3 is 19.3 Å². The molecule has 1 aliphatic heterocycles. The van der Waals surface area contributed by atoms with E-state index in [1.165, 1.54) is 38.0 Å². The van der Waals surface area contributed by atoms with Crippen LogP contribution in [0.3, 0.4) is 0 Å². The Morgan fingerprint density at radius 3 is 2.26 bits per heavy atom. The van der Waals surface area contributed by atoms with Gasteiger partial charge in [0, 0.05) is 21.4 Å². The summed E-state index contributed by atoms with van der Waals surface area (Å²) in [6.07, 6.45) is 0. The van der Waals surface area contributed by atoms with Crippen LogP contribution in [0.1, 0.15) is 28.3 Å². The number of ether oxygens (including phenoxy) is 3. The summed E-state index contributed by atoms with van der Waals surface area (Å²) in [5.74, 6) is -0.615. The number of aromatic nitrogens is 2. The van der Waals surface area contributed by atoms with Crippen molar-refractivity contribution in [2.75, 3.05) is 26.2 Å². The largest absolute Gasteiger partial charge is 0.507 e. The van der Waals surface area contributed by atoms with E-state index >= 15 is 0 Å². The van der Waals surface area contributed by atoms with Crippen molar-refractivity contribution in [1.29, 1.82) is 0 Å². The number of aliphatic hydroxyl groups excluding tert-OH is 1. The maximum Gasteiger partial charge on any atom is 0.301 e. The number of amides is 1. The minimum Gasteiger partial charge on any atom is -0.507 e. The Balaban J connectivity index is 1.61. The van der Waals surface area contributed by atoms with Gasteiger partial charge in [0.05, 0.1) is 32.9 Å². The van der Waals surface area contributed by atoms with Crippen LogP contribution >= 0.6 is 46.3 Å². The lowest BCUT2D eigenvalue weighted by atomic mass is 9.94. The number of rotatable bonds is 9. The Morgan fingerprint density at radius 1 is 0.977 bits per heavy atom. The zero-order valence-corrected chi connectivity index (χ0v) is 26.5. The summed E-state index contributed by atoms with van der Waals surface area (Å²) in [5.41, 5.74) is 2.52. The van der Waals surface area contributed by atoms with Crippen molar-refractivity contribution in [3.05, 3.63) is 92.5 Å². The molecule has 1 aromatic heterocycles. The molecule has 1 aliphatic rings. The van der Waals surface area contributed by atoms with Crippen molar-refractivity contribution in [3.63, 3.8) is 0 Å². The molecule has 1 saturated heterocycles. The molecule has 1 amide bonds. The fourth-order valence-electron chi connectivity index (χ4n) is 4.61. The van der Waals surface area contributed by atoms with Gasteiger partial charge in [0.15, 0.2) is 15.8 Å². The monoisotopic (exact) mass is 657 g/mol. The molecule has 43 heavy (non-hydrogen) atoms. The van der Waals surface area contributed by atoms with Gasteiger partial charge >= 0.3 is 5.91 Å². The Morgan fingerprint density at radius 2 is 1.65 bits per heavy atom. The summed E-state index contributed by atoms with van der Waals surface area (Å²) >= 11 is 14.8. The Labute approximate surface area is 266 Å². The predicted octanol–water partition coefficient (Wildman–Crippen LogP) is 7.10. The van der Waals surface area contributed by atoms with E-state index in [-0.39, 0.29) is 16.5 Å². The number of Topliss-reactive ketones (excluding diaryl/α,β-unsaturated/α-hetero) is 1. The first-order valence-electron chi connectivity index (χ1n) is 12.7. The van der Waals surface area contributed by atoms with Gasteiger partial charge in [-0.1, -0.05) is 82.2 Å². The second-order valence-electron chi connectivity index (χ2n) is 9.37.